The van der Waals surface area contributed by atoms with E-state index in [9.17, 15) is 14.4 Å². The Morgan fingerprint density at radius 1 is 0.967 bits per heavy atom. The third-order valence-electron chi connectivity index (χ3n) is 4.98. The molecule has 7 nitrogen and oxygen atoms in total. The molecule has 0 heterocycles. The van der Waals surface area contributed by atoms with Crippen molar-refractivity contribution in [3.8, 4) is 5.75 Å². The van der Waals surface area contributed by atoms with Crippen LogP contribution in [0.3, 0.4) is 0 Å². The first-order chi connectivity index (χ1) is 14.5. The van der Waals surface area contributed by atoms with Gasteiger partial charge in [0.2, 0.25) is 5.91 Å². The van der Waals surface area contributed by atoms with Gasteiger partial charge >= 0.3 is 6.16 Å². The first-order valence-corrected chi connectivity index (χ1v) is 10.2. The molecule has 0 atom stereocenters. The molecule has 2 aromatic carbocycles. The van der Waals surface area contributed by atoms with E-state index >= 15 is 0 Å². The van der Waals surface area contributed by atoms with Crippen molar-refractivity contribution in [1.29, 1.82) is 0 Å². The van der Waals surface area contributed by atoms with Crippen molar-refractivity contribution in [1.82, 2.24) is 5.32 Å². The number of benzene rings is 2. The van der Waals surface area contributed by atoms with Crippen LogP contribution >= 0.6 is 0 Å². The van der Waals surface area contributed by atoms with Gasteiger partial charge < -0.3 is 20.1 Å². The number of nitrogens with one attached hydrogen (secondary N) is 2. The van der Waals surface area contributed by atoms with E-state index in [1.807, 2.05) is 12.1 Å². The van der Waals surface area contributed by atoms with Gasteiger partial charge in [-0.05, 0) is 61.7 Å². The van der Waals surface area contributed by atoms with Gasteiger partial charge in [0.25, 0.3) is 5.91 Å². The Bertz CT molecular complexity index is 871. The van der Waals surface area contributed by atoms with Crippen molar-refractivity contribution in [2.75, 3.05) is 11.9 Å². The number of rotatable bonds is 7. The first kappa shape index (κ1) is 21.4. The molecule has 2 amide bonds. The molecule has 0 aliphatic heterocycles. The van der Waals surface area contributed by atoms with Crippen molar-refractivity contribution < 1.29 is 23.9 Å². The SMILES string of the molecule is CCOC(=O)Oc1ccc(C(=O)Nc2ccc(CNC(=O)C3CCCC3)cc2)cc1. The van der Waals surface area contributed by atoms with E-state index in [1.165, 1.54) is 12.1 Å². The monoisotopic (exact) mass is 410 g/mol. The summed E-state index contributed by atoms with van der Waals surface area (Å²) in [6, 6.07) is 13.5. The Hall–Kier alpha value is -3.35. The zero-order valence-corrected chi connectivity index (χ0v) is 17.0. The molecule has 30 heavy (non-hydrogen) atoms. The van der Waals surface area contributed by atoms with Crippen LogP contribution in [0.1, 0.15) is 48.5 Å². The molecule has 0 bridgehead atoms. The number of hydrogen-bond donors (Lipinski definition) is 2. The summed E-state index contributed by atoms with van der Waals surface area (Å²) < 4.78 is 9.68. The molecule has 1 fully saturated rings. The third kappa shape index (κ3) is 6.07. The Kier molecular flexibility index (Phi) is 7.43. The minimum atomic E-state index is -0.783. The van der Waals surface area contributed by atoms with E-state index in [2.05, 4.69) is 10.6 Å². The average Bonchev–Trinajstić information content (AvgIpc) is 3.29. The Morgan fingerprint density at radius 3 is 2.27 bits per heavy atom. The van der Waals surface area contributed by atoms with Gasteiger partial charge in [0, 0.05) is 23.7 Å². The van der Waals surface area contributed by atoms with Gasteiger partial charge in [0.15, 0.2) is 0 Å². The fourth-order valence-corrected chi connectivity index (χ4v) is 3.35. The summed E-state index contributed by atoms with van der Waals surface area (Å²) in [5.41, 5.74) is 2.05. The molecule has 158 valence electrons. The molecule has 0 unspecified atom stereocenters. The van der Waals surface area contributed by atoms with Gasteiger partial charge in [0.05, 0.1) is 6.61 Å². The van der Waals surface area contributed by atoms with Gasteiger partial charge in [-0.2, -0.15) is 0 Å². The summed E-state index contributed by atoms with van der Waals surface area (Å²) in [7, 11) is 0. The van der Waals surface area contributed by atoms with Crippen LogP contribution in [0.15, 0.2) is 48.5 Å². The molecule has 1 aliphatic rings. The van der Waals surface area contributed by atoms with E-state index in [-0.39, 0.29) is 24.3 Å². The fourth-order valence-electron chi connectivity index (χ4n) is 3.35. The topological polar surface area (TPSA) is 93.7 Å². The van der Waals surface area contributed by atoms with Crippen LogP contribution in [0.4, 0.5) is 10.5 Å². The van der Waals surface area contributed by atoms with E-state index in [0.717, 1.165) is 31.2 Å². The van der Waals surface area contributed by atoms with E-state index < -0.39 is 6.16 Å². The maximum atomic E-state index is 12.4. The number of hydrogen-bond acceptors (Lipinski definition) is 5. The van der Waals surface area contributed by atoms with E-state index in [1.54, 1.807) is 31.2 Å². The van der Waals surface area contributed by atoms with Crippen molar-refractivity contribution in [2.45, 2.75) is 39.2 Å². The van der Waals surface area contributed by atoms with Crippen molar-refractivity contribution in [2.24, 2.45) is 5.92 Å². The Balaban J connectivity index is 1.49. The minimum Gasteiger partial charge on any atom is -0.434 e. The van der Waals surface area contributed by atoms with Crippen LogP contribution in [0.2, 0.25) is 0 Å². The van der Waals surface area contributed by atoms with E-state index in [4.69, 9.17) is 9.47 Å². The summed E-state index contributed by atoms with van der Waals surface area (Å²) in [5.74, 6) is 0.298. The molecule has 2 aromatic rings. The normalized spacial score (nSPS) is 13.5. The Labute approximate surface area is 175 Å². The van der Waals surface area contributed by atoms with Crippen LogP contribution in [0.5, 0.6) is 5.75 Å². The van der Waals surface area contributed by atoms with Crippen LogP contribution in [0, 0.1) is 5.92 Å². The zero-order chi connectivity index (χ0) is 21.3. The maximum Gasteiger partial charge on any atom is 0.513 e. The molecule has 0 radical (unpaired) electrons. The summed E-state index contributed by atoms with van der Waals surface area (Å²) in [6.45, 7) is 2.39. The van der Waals surface area contributed by atoms with Crippen LogP contribution in [-0.4, -0.2) is 24.6 Å². The van der Waals surface area contributed by atoms with Crippen LogP contribution < -0.4 is 15.4 Å². The van der Waals surface area contributed by atoms with E-state index in [0.29, 0.717) is 23.5 Å². The highest BCUT2D eigenvalue weighted by molar-refractivity contribution is 6.04. The molecule has 1 aliphatic carbocycles. The second-order valence-corrected chi connectivity index (χ2v) is 7.16. The molecule has 0 saturated heterocycles. The summed E-state index contributed by atoms with van der Waals surface area (Å²) in [6.07, 6.45) is 3.44. The predicted octanol–water partition coefficient (Wildman–Crippen LogP) is 4.28. The lowest BCUT2D eigenvalue weighted by Crippen LogP contribution is -2.28. The van der Waals surface area contributed by atoms with Gasteiger partial charge in [-0.3, -0.25) is 9.59 Å². The lowest BCUT2D eigenvalue weighted by Gasteiger charge is -2.11. The smallest absolute Gasteiger partial charge is 0.434 e. The van der Waals surface area contributed by atoms with Crippen molar-refractivity contribution >= 4 is 23.7 Å². The molecule has 7 heteroatoms. The first-order valence-electron chi connectivity index (χ1n) is 10.2. The molecule has 3 rings (SSSR count). The standard InChI is InChI=1S/C23H26N2O5/c1-2-29-23(28)30-20-13-9-18(10-14-20)22(27)25-19-11-7-16(8-12-19)15-24-21(26)17-5-3-4-6-17/h7-14,17H,2-6,15H2,1H3,(H,24,26)(H,25,27). The number of amides is 2. The number of anilines is 1. The molecular formula is C23H26N2O5. The predicted molar refractivity (Wildman–Crippen MR) is 112 cm³/mol. The molecular weight excluding hydrogens is 384 g/mol. The van der Waals surface area contributed by atoms with Gasteiger partial charge in [-0.15, -0.1) is 0 Å². The van der Waals surface area contributed by atoms with Crippen LogP contribution in [-0.2, 0) is 16.1 Å². The van der Waals surface area contributed by atoms with Gasteiger partial charge in [-0.1, -0.05) is 25.0 Å². The number of ether oxygens (including phenoxy) is 2. The quantitative estimate of drug-likeness (QED) is 0.525. The lowest BCUT2D eigenvalue weighted by atomic mass is 10.1. The molecule has 1 saturated carbocycles. The third-order valence-corrected chi connectivity index (χ3v) is 4.98. The Morgan fingerprint density at radius 2 is 1.63 bits per heavy atom. The minimum absolute atomic E-state index is 0.125. The average molecular weight is 410 g/mol. The van der Waals surface area contributed by atoms with Gasteiger partial charge in [0.1, 0.15) is 5.75 Å². The molecule has 0 aromatic heterocycles. The highest BCUT2D eigenvalue weighted by atomic mass is 16.7. The highest BCUT2D eigenvalue weighted by Gasteiger charge is 2.22. The fraction of sp³-hybridized carbons (Fsp3) is 0.348. The number of carbonyl (C=O) groups excluding carboxylic acids is 3. The maximum absolute atomic E-state index is 12.4. The second-order valence-electron chi connectivity index (χ2n) is 7.16. The highest BCUT2D eigenvalue weighted by Crippen LogP contribution is 2.24. The summed E-state index contributed by atoms with van der Waals surface area (Å²) in [4.78, 5) is 35.8. The second kappa shape index (κ2) is 10.4. The summed E-state index contributed by atoms with van der Waals surface area (Å²) >= 11 is 0. The molecule has 0 spiro atoms. The largest absolute Gasteiger partial charge is 0.513 e. The van der Waals surface area contributed by atoms with Crippen LogP contribution in [0.25, 0.3) is 0 Å². The number of carbonyl (C=O) groups is 3. The molecule has 2 N–H and O–H groups in total. The summed E-state index contributed by atoms with van der Waals surface area (Å²) in [5, 5.41) is 5.80. The van der Waals surface area contributed by atoms with Gasteiger partial charge in [-0.25, -0.2) is 4.79 Å². The van der Waals surface area contributed by atoms with Crippen molar-refractivity contribution in [3.05, 3.63) is 59.7 Å². The van der Waals surface area contributed by atoms with Crippen molar-refractivity contribution in [3.63, 3.8) is 0 Å². The lowest BCUT2D eigenvalue weighted by molar-refractivity contribution is -0.124. The zero-order valence-electron chi connectivity index (χ0n) is 17.0.